The number of urea groups is 1. The summed E-state index contributed by atoms with van der Waals surface area (Å²) in [6.07, 6.45) is 7.95. The van der Waals surface area contributed by atoms with Crippen LogP contribution in [0, 0.1) is 0 Å². The molecular weight excluding hydrogens is 354 g/mol. The van der Waals surface area contributed by atoms with Gasteiger partial charge in [0.05, 0.1) is 18.3 Å². The zero-order valence-corrected chi connectivity index (χ0v) is 16.0. The number of rotatable bonds is 5. The van der Waals surface area contributed by atoms with Crippen LogP contribution in [0.25, 0.3) is 0 Å². The molecule has 7 heteroatoms. The van der Waals surface area contributed by atoms with Crippen molar-refractivity contribution in [2.24, 2.45) is 0 Å². The Kier molecular flexibility index (Phi) is 5.60. The lowest BCUT2D eigenvalue weighted by molar-refractivity contribution is -0.128. The molecule has 28 heavy (non-hydrogen) atoms. The van der Waals surface area contributed by atoms with E-state index in [-0.39, 0.29) is 18.0 Å². The second-order valence-corrected chi connectivity index (χ2v) is 7.71. The Morgan fingerprint density at radius 2 is 1.89 bits per heavy atom. The zero-order chi connectivity index (χ0) is 19.3. The first-order chi connectivity index (χ1) is 13.7. The van der Waals surface area contributed by atoms with Crippen LogP contribution in [-0.2, 0) is 11.3 Å². The smallest absolute Gasteiger partial charge is 0.320 e. The number of carbonyl (C=O) groups excluding carboxylic acids is 2. The topological polar surface area (TPSA) is 79.3 Å². The van der Waals surface area contributed by atoms with Crippen molar-refractivity contribution < 1.29 is 9.59 Å². The molecule has 1 atom stereocenters. The second kappa shape index (κ2) is 8.46. The predicted molar refractivity (Wildman–Crippen MR) is 107 cm³/mol. The highest BCUT2D eigenvalue weighted by Gasteiger charge is 2.30. The number of carbonyl (C=O) groups is 2. The molecule has 1 saturated heterocycles. The molecule has 2 aliphatic rings. The average Bonchev–Trinajstić information content (AvgIpc) is 3.30. The maximum atomic E-state index is 12.5. The van der Waals surface area contributed by atoms with Crippen LogP contribution >= 0.6 is 0 Å². The molecule has 2 heterocycles. The van der Waals surface area contributed by atoms with Crippen LogP contribution in [0.3, 0.4) is 0 Å². The minimum absolute atomic E-state index is 0.0707. The van der Waals surface area contributed by atoms with E-state index in [9.17, 15) is 9.59 Å². The van der Waals surface area contributed by atoms with Crippen molar-refractivity contribution in [1.29, 1.82) is 0 Å². The van der Waals surface area contributed by atoms with Crippen molar-refractivity contribution in [2.45, 2.75) is 57.2 Å². The van der Waals surface area contributed by atoms with E-state index in [4.69, 9.17) is 0 Å². The van der Waals surface area contributed by atoms with Gasteiger partial charge in [0.15, 0.2) is 0 Å². The fraction of sp³-hybridized carbons (Fsp3) is 0.476. The van der Waals surface area contributed by atoms with E-state index in [2.05, 4.69) is 15.7 Å². The molecule has 4 rings (SSSR count). The van der Waals surface area contributed by atoms with Crippen molar-refractivity contribution in [1.82, 2.24) is 20.0 Å². The highest BCUT2D eigenvalue weighted by Crippen LogP contribution is 2.29. The molecule has 1 aromatic heterocycles. The van der Waals surface area contributed by atoms with Gasteiger partial charge in [-0.3, -0.25) is 10.1 Å². The third-order valence-electron chi connectivity index (χ3n) is 5.60. The number of amides is 3. The van der Waals surface area contributed by atoms with Gasteiger partial charge in [0.25, 0.3) is 0 Å². The SMILES string of the molecule is O=C(Nc1ccnn1C1CCCCC1)N[C@H]1CC(=O)N(Cc2ccccc2)C1. The van der Waals surface area contributed by atoms with E-state index in [1.165, 1.54) is 19.3 Å². The number of hydrogen-bond acceptors (Lipinski definition) is 3. The number of nitrogens with one attached hydrogen (secondary N) is 2. The lowest BCUT2D eigenvalue weighted by Gasteiger charge is -2.24. The Labute approximate surface area is 165 Å². The zero-order valence-electron chi connectivity index (χ0n) is 16.0. The van der Waals surface area contributed by atoms with Crippen LogP contribution in [0.2, 0.25) is 0 Å². The van der Waals surface area contributed by atoms with Crippen LogP contribution in [0.5, 0.6) is 0 Å². The van der Waals surface area contributed by atoms with Gasteiger partial charge in [-0.15, -0.1) is 0 Å². The summed E-state index contributed by atoms with van der Waals surface area (Å²) < 4.78 is 1.93. The molecule has 2 N–H and O–H groups in total. The predicted octanol–water partition coefficient (Wildman–Crippen LogP) is 3.31. The van der Waals surface area contributed by atoms with Gasteiger partial charge >= 0.3 is 6.03 Å². The average molecular weight is 381 g/mol. The number of benzene rings is 1. The highest BCUT2D eigenvalue weighted by molar-refractivity contribution is 5.89. The Morgan fingerprint density at radius 3 is 2.68 bits per heavy atom. The van der Waals surface area contributed by atoms with Crippen LogP contribution in [-0.4, -0.2) is 39.2 Å². The maximum absolute atomic E-state index is 12.5. The molecule has 0 spiro atoms. The van der Waals surface area contributed by atoms with Gasteiger partial charge in [0.1, 0.15) is 5.82 Å². The molecule has 1 saturated carbocycles. The van der Waals surface area contributed by atoms with Crippen LogP contribution < -0.4 is 10.6 Å². The van der Waals surface area contributed by atoms with Gasteiger partial charge < -0.3 is 10.2 Å². The summed E-state index contributed by atoms with van der Waals surface area (Å²) in [5.74, 6) is 0.788. The normalized spacial score (nSPS) is 20.4. The van der Waals surface area contributed by atoms with Crippen molar-refractivity contribution >= 4 is 17.8 Å². The van der Waals surface area contributed by atoms with Gasteiger partial charge in [0, 0.05) is 25.6 Å². The van der Waals surface area contributed by atoms with Crippen LogP contribution in [0.15, 0.2) is 42.6 Å². The van der Waals surface area contributed by atoms with E-state index in [1.54, 1.807) is 11.1 Å². The van der Waals surface area contributed by atoms with Crippen molar-refractivity contribution in [2.75, 3.05) is 11.9 Å². The highest BCUT2D eigenvalue weighted by atomic mass is 16.2. The lowest BCUT2D eigenvalue weighted by Crippen LogP contribution is -2.40. The molecule has 7 nitrogen and oxygen atoms in total. The van der Waals surface area contributed by atoms with Gasteiger partial charge in [-0.2, -0.15) is 5.10 Å². The number of aromatic nitrogens is 2. The van der Waals surface area contributed by atoms with Gasteiger partial charge in [-0.1, -0.05) is 49.6 Å². The number of hydrogen-bond donors (Lipinski definition) is 2. The molecule has 1 aromatic carbocycles. The van der Waals surface area contributed by atoms with E-state index in [0.29, 0.717) is 25.6 Å². The van der Waals surface area contributed by atoms with E-state index in [0.717, 1.165) is 24.2 Å². The molecule has 0 radical (unpaired) electrons. The molecule has 0 unspecified atom stereocenters. The van der Waals surface area contributed by atoms with Crippen LogP contribution in [0.4, 0.5) is 10.6 Å². The van der Waals surface area contributed by atoms with Gasteiger partial charge in [-0.05, 0) is 18.4 Å². The van der Waals surface area contributed by atoms with Crippen LogP contribution in [0.1, 0.15) is 50.1 Å². The fourth-order valence-corrected chi connectivity index (χ4v) is 4.19. The Hall–Kier alpha value is -2.83. The summed E-state index contributed by atoms with van der Waals surface area (Å²) >= 11 is 0. The molecule has 2 aromatic rings. The second-order valence-electron chi connectivity index (χ2n) is 7.71. The molecule has 148 valence electrons. The van der Waals surface area contributed by atoms with E-state index in [1.807, 2.05) is 41.1 Å². The third kappa shape index (κ3) is 4.35. The summed E-state index contributed by atoms with van der Waals surface area (Å²) in [6.45, 7) is 1.11. The van der Waals surface area contributed by atoms with Gasteiger partial charge in [-0.25, -0.2) is 9.48 Å². The summed E-state index contributed by atoms with van der Waals surface area (Å²) in [4.78, 5) is 26.6. The first-order valence-corrected chi connectivity index (χ1v) is 10.1. The fourth-order valence-electron chi connectivity index (χ4n) is 4.19. The first kappa shape index (κ1) is 18.5. The van der Waals surface area contributed by atoms with E-state index >= 15 is 0 Å². The number of anilines is 1. The van der Waals surface area contributed by atoms with E-state index < -0.39 is 0 Å². The molecular formula is C21H27N5O2. The van der Waals surface area contributed by atoms with Crippen molar-refractivity contribution in [3.05, 3.63) is 48.2 Å². The summed E-state index contributed by atoms with van der Waals surface area (Å²) in [5.41, 5.74) is 1.09. The lowest BCUT2D eigenvalue weighted by atomic mass is 9.96. The molecule has 0 bridgehead atoms. The standard InChI is InChI=1S/C21H27N5O2/c27-20-13-17(15-25(20)14-16-7-3-1-4-8-16)23-21(28)24-19-11-12-22-26(19)18-9-5-2-6-10-18/h1,3-4,7-8,11-12,17-18H,2,5-6,9-10,13-15H2,(H2,23,24,28)/t17-/m0/s1. The molecule has 1 aliphatic carbocycles. The number of likely N-dealkylation sites (tertiary alicyclic amines) is 1. The first-order valence-electron chi connectivity index (χ1n) is 10.1. The summed E-state index contributed by atoms with van der Waals surface area (Å²) in [7, 11) is 0. The molecule has 3 amide bonds. The quantitative estimate of drug-likeness (QED) is 0.834. The van der Waals surface area contributed by atoms with Crippen molar-refractivity contribution in [3.63, 3.8) is 0 Å². The minimum atomic E-state index is -0.281. The largest absolute Gasteiger partial charge is 0.336 e. The summed E-state index contributed by atoms with van der Waals surface area (Å²) in [6, 6.07) is 11.6. The minimum Gasteiger partial charge on any atom is -0.336 e. The number of nitrogens with zero attached hydrogens (tertiary/aromatic N) is 3. The molecule has 2 fully saturated rings. The monoisotopic (exact) mass is 381 g/mol. The Morgan fingerprint density at radius 1 is 1.11 bits per heavy atom. The third-order valence-corrected chi connectivity index (χ3v) is 5.60. The Bertz CT molecular complexity index is 813. The van der Waals surface area contributed by atoms with Gasteiger partial charge in [0.2, 0.25) is 5.91 Å². The summed E-state index contributed by atoms with van der Waals surface area (Å²) in [5, 5.41) is 10.3. The maximum Gasteiger partial charge on any atom is 0.320 e. The van der Waals surface area contributed by atoms with Crippen molar-refractivity contribution in [3.8, 4) is 0 Å². The molecule has 1 aliphatic heterocycles. The Balaban J connectivity index is 1.31.